The number of carboxylic acid groups (broad SMARTS) is 1. The zero-order valence-electron chi connectivity index (χ0n) is 18.5. The van der Waals surface area contributed by atoms with E-state index >= 15 is 4.39 Å². The Hall–Kier alpha value is -4.34. The molecule has 2 aromatic carbocycles. The minimum absolute atomic E-state index is 0.0392. The number of nitrogens with zero attached hydrogens (tertiary/aromatic N) is 4. The molecule has 0 unspecified atom stereocenters. The third kappa shape index (κ3) is 4.07. The van der Waals surface area contributed by atoms with E-state index in [2.05, 4.69) is 30.4 Å². The highest BCUT2D eigenvalue weighted by Crippen LogP contribution is 2.30. The largest absolute Gasteiger partial charge is 0.481 e. The lowest BCUT2D eigenvalue weighted by Gasteiger charge is -2.26. The fourth-order valence-electron chi connectivity index (χ4n) is 4.55. The second-order valence-electron chi connectivity index (χ2n) is 8.76. The lowest BCUT2D eigenvalue weighted by atomic mass is 9.87. The molecule has 1 fully saturated rings. The second-order valence-corrected chi connectivity index (χ2v) is 8.76. The molecule has 1 saturated carbocycles. The minimum Gasteiger partial charge on any atom is -0.481 e. The van der Waals surface area contributed by atoms with E-state index in [-0.39, 0.29) is 12.0 Å². The van der Waals surface area contributed by atoms with Crippen LogP contribution in [0.15, 0.2) is 48.7 Å². The smallest absolute Gasteiger partial charge is 0.306 e. The van der Waals surface area contributed by atoms with Crippen LogP contribution in [0.3, 0.4) is 0 Å². The van der Waals surface area contributed by atoms with Crippen molar-refractivity contribution in [3.05, 3.63) is 54.5 Å². The lowest BCUT2D eigenvalue weighted by Crippen LogP contribution is -2.28. The van der Waals surface area contributed by atoms with Crippen LogP contribution in [-0.4, -0.2) is 47.5 Å². The molecule has 5 aromatic rings. The molecule has 0 atom stereocenters. The van der Waals surface area contributed by atoms with E-state index in [4.69, 9.17) is 9.84 Å². The van der Waals surface area contributed by atoms with Crippen LogP contribution in [0.4, 0.5) is 4.39 Å². The third-order valence-electron chi connectivity index (χ3n) is 6.50. The zero-order chi connectivity index (χ0) is 23.9. The summed E-state index contributed by atoms with van der Waals surface area (Å²) in [5.41, 5.74) is 4.58. The predicted octanol–water partition coefficient (Wildman–Crippen LogP) is 4.72. The Kier molecular flexibility index (Phi) is 5.13. The summed E-state index contributed by atoms with van der Waals surface area (Å²) in [6.45, 7) is 0. The number of H-pyrrole nitrogens is 2. The number of aromatic amines is 2. The standard InChI is InChI=1S/C25H21FN6O3/c26-18-9-14(15-4-8-23(27-12-15)35-16-5-1-13(2-6-16)25(33)34)3-7-17(18)24-28-19-10-21-22(31-32-30-21)11-20(19)29-24/h3-4,7-13,16,30,32H,1-2,5-6H2,(H,33,34). The number of hydrogen-bond acceptors (Lipinski definition) is 6. The summed E-state index contributed by atoms with van der Waals surface area (Å²) in [5, 5.41) is 18.8. The van der Waals surface area contributed by atoms with Gasteiger partial charge in [0, 0.05) is 17.8 Å². The number of benzene rings is 2. The van der Waals surface area contributed by atoms with E-state index in [9.17, 15) is 4.79 Å². The van der Waals surface area contributed by atoms with Crippen LogP contribution in [-0.2, 0) is 4.79 Å². The Labute approximate surface area is 198 Å². The molecule has 0 spiro atoms. The van der Waals surface area contributed by atoms with Gasteiger partial charge >= 0.3 is 5.97 Å². The van der Waals surface area contributed by atoms with Crippen molar-refractivity contribution in [1.82, 2.24) is 30.4 Å². The molecular formula is C25H21FN6O3. The van der Waals surface area contributed by atoms with Gasteiger partial charge in [-0.15, -0.1) is 0 Å². The summed E-state index contributed by atoms with van der Waals surface area (Å²) in [5.74, 6) is -0.655. The third-order valence-corrected chi connectivity index (χ3v) is 6.50. The molecule has 9 nitrogen and oxygen atoms in total. The Morgan fingerprint density at radius 2 is 1.74 bits per heavy atom. The van der Waals surface area contributed by atoms with Crippen molar-refractivity contribution >= 4 is 28.0 Å². The Morgan fingerprint density at radius 1 is 0.971 bits per heavy atom. The molecule has 3 N–H and O–H groups in total. The number of aliphatic carboxylic acids is 1. The van der Waals surface area contributed by atoms with Crippen molar-refractivity contribution in [3.63, 3.8) is 0 Å². The van der Waals surface area contributed by atoms with E-state index in [0.717, 1.165) is 16.6 Å². The number of carboxylic acids is 1. The number of hydrogen-bond donors (Lipinski definition) is 3. The molecule has 0 bridgehead atoms. The number of aromatic nitrogens is 6. The van der Waals surface area contributed by atoms with E-state index in [1.807, 2.05) is 18.2 Å². The van der Waals surface area contributed by atoms with Gasteiger partial charge in [-0.1, -0.05) is 6.07 Å². The molecule has 10 heteroatoms. The molecule has 1 aliphatic rings. The highest BCUT2D eigenvalue weighted by atomic mass is 19.1. The molecule has 3 aromatic heterocycles. The van der Waals surface area contributed by atoms with Gasteiger partial charge in [-0.2, -0.15) is 5.10 Å². The maximum absolute atomic E-state index is 15.1. The van der Waals surface area contributed by atoms with Crippen LogP contribution in [0.25, 0.3) is 44.6 Å². The van der Waals surface area contributed by atoms with E-state index in [0.29, 0.717) is 59.5 Å². The first-order valence-electron chi connectivity index (χ1n) is 11.4. The molecular weight excluding hydrogens is 451 g/mol. The molecule has 3 heterocycles. The number of halogens is 1. The van der Waals surface area contributed by atoms with E-state index < -0.39 is 11.8 Å². The van der Waals surface area contributed by atoms with Gasteiger partial charge in [0.25, 0.3) is 0 Å². The summed E-state index contributed by atoms with van der Waals surface area (Å²) in [6, 6.07) is 12.1. The Morgan fingerprint density at radius 3 is 2.46 bits per heavy atom. The fraction of sp³-hybridized carbons (Fsp3) is 0.240. The van der Waals surface area contributed by atoms with Crippen molar-refractivity contribution in [2.45, 2.75) is 31.8 Å². The quantitative estimate of drug-likeness (QED) is 0.337. The van der Waals surface area contributed by atoms with Crippen LogP contribution < -0.4 is 4.74 Å². The van der Waals surface area contributed by atoms with Crippen LogP contribution in [0.2, 0.25) is 0 Å². The molecule has 6 rings (SSSR count). The summed E-state index contributed by atoms with van der Waals surface area (Å²) >= 11 is 0. The summed E-state index contributed by atoms with van der Waals surface area (Å²) in [7, 11) is 0. The lowest BCUT2D eigenvalue weighted by molar-refractivity contribution is -0.143. The minimum atomic E-state index is -0.739. The number of ether oxygens (including phenoxy) is 1. The van der Waals surface area contributed by atoms with Crippen LogP contribution in [0, 0.1) is 11.7 Å². The molecule has 176 valence electrons. The maximum atomic E-state index is 15.1. The topological polar surface area (TPSA) is 130 Å². The Bertz CT molecular complexity index is 1490. The second kappa shape index (κ2) is 8.46. The van der Waals surface area contributed by atoms with Gasteiger partial charge < -0.3 is 9.84 Å². The van der Waals surface area contributed by atoms with Gasteiger partial charge in [0.1, 0.15) is 17.4 Å². The van der Waals surface area contributed by atoms with Gasteiger partial charge in [0.2, 0.25) is 5.88 Å². The highest BCUT2D eigenvalue weighted by Gasteiger charge is 2.27. The van der Waals surface area contributed by atoms with E-state index in [1.54, 1.807) is 24.4 Å². The average molecular weight is 472 g/mol. The SMILES string of the molecule is O=C(O)C1CCC(Oc2ccc(-c3ccc(-c4nc5cc6n[nH][nH]c6cc5n4)c(F)c3)cn2)CC1. The van der Waals surface area contributed by atoms with Crippen molar-refractivity contribution in [3.8, 4) is 28.4 Å². The number of carbonyl (C=O) groups is 1. The number of imidazole rings is 1. The van der Waals surface area contributed by atoms with Crippen molar-refractivity contribution in [2.24, 2.45) is 5.92 Å². The fourth-order valence-corrected chi connectivity index (χ4v) is 4.55. The summed E-state index contributed by atoms with van der Waals surface area (Å²) in [4.78, 5) is 24.4. The molecule has 0 radical (unpaired) electrons. The molecule has 0 aliphatic heterocycles. The van der Waals surface area contributed by atoms with Crippen molar-refractivity contribution in [2.75, 3.05) is 0 Å². The van der Waals surface area contributed by atoms with E-state index in [1.165, 1.54) is 6.07 Å². The predicted molar refractivity (Wildman–Crippen MR) is 126 cm³/mol. The number of fused-ring (bicyclic) bond motifs is 2. The molecule has 1 aliphatic carbocycles. The molecule has 0 amide bonds. The summed E-state index contributed by atoms with van der Waals surface area (Å²) < 4.78 is 21.0. The Balaban J connectivity index is 1.18. The number of nitrogens with one attached hydrogen (secondary N) is 2. The summed E-state index contributed by atoms with van der Waals surface area (Å²) in [6.07, 6.45) is 4.21. The van der Waals surface area contributed by atoms with Gasteiger partial charge in [-0.25, -0.2) is 24.6 Å². The van der Waals surface area contributed by atoms with Crippen molar-refractivity contribution in [1.29, 1.82) is 0 Å². The average Bonchev–Trinajstić information content (AvgIpc) is 3.49. The van der Waals surface area contributed by atoms with Gasteiger partial charge in [-0.05, 0) is 61.6 Å². The zero-order valence-corrected chi connectivity index (χ0v) is 18.5. The maximum Gasteiger partial charge on any atom is 0.306 e. The number of pyridine rings is 1. The van der Waals surface area contributed by atoms with Gasteiger partial charge in [-0.3, -0.25) is 9.89 Å². The normalized spacial score (nSPS) is 18.2. The first-order chi connectivity index (χ1) is 17.0. The van der Waals surface area contributed by atoms with Gasteiger partial charge in [0.05, 0.1) is 28.0 Å². The molecule has 0 saturated heterocycles. The first kappa shape index (κ1) is 21.2. The van der Waals surface area contributed by atoms with Crippen LogP contribution in [0.1, 0.15) is 25.7 Å². The first-order valence-corrected chi connectivity index (χ1v) is 11.4. The van der Waals surface area contributed by atoms with Crippen LogP contribution >= 0.6 is 0 Å². The monoisotopic (exact) mass is 472 g/mol. The van der Waals surface area contributed by atoms with Crippen LogP contribution in [0.5, 0.6) is 5.88 Å². The molecule has 35 heavy (non-hydrogen) atoms. The number of rotatable bonds is 5. The highest BCUT2D eigenvalue weighted by molar-refractivity contribution is 5.92. The van der Waals surface area contributed by atoms with Crippen molar-refractivity contribution < 1.29 is 19.0 Å². The van der Waals surface area contributed by atoms with Gasteiger partial charge in [0.15, 0.2) is 5.82 Å².